The van der Waals surface area contributed by atoms with E-state index in [4.69, 9.17) is 0 Å². The minimum atomic E-state index is 0.652. The zero-order valence-corrected chi connectivity index (χ0v) is 11.0. The number of aromatic nitrogens is 1. The van der Waals surface area contributed by atoms with Gasteiger partial charge < -0.3 is 5.32 Å². The first-order chi connectivity index (χ1) is 7.13. The molecule has 1 N–H and O–H groups in total. The van der Waals surface area contributed by atoms with Crippen LogP contribution in [0.15, 0.2) is 6.20 Å². The Morgan fingerprint density at radius 3 is 2.67 bits per heavy atom. The molecule has 2 nitrogen and oxygen atoms in total. The van der Waals surface area contributed by atoms with Crippen LogP contribution in [0.5, 0.6) is 0 Å². The van der Waals surface area contributed by atoms with Crippen LogP contribution in [0.1, 0.15) is 37.1 Å². The van der Waals surface area contributed by atoms with Gasteiger partial charge in [0.25, 0.3) is 0 Å². The molecule has 1 unspecified atom stereocenters. The third-order valence-electron chi connectivity index (χ3n) is 2.69. The SMILES string of the molecule is CCC(NCCc1cnc(C)s1)C(C)C. The summed E-state index contributed by atoms with van der Waals surface area (Å²) in [6.45, 7) is 9.92. The van der Waals surface area contributed by atoms with Crippen molar-refractivity contribution < 1.29 is 0 Å². The lowest BCUT2D eigenvalue weighted by Gasteiger charge is -2.20. The Balaban J connectivity index is 2.26. The molecule has 0 aromatic carbocycles. The highest BCUT2D eigenvalue weighted by molar-refractivity contribution is 7.11. The monoisotopic (exact) mass is 226 g/mol. The summed E-state index contributed by atoms with van der Waals surface area (Å²) in [4.78, 5) is 5.65. The van der Waals surface area contributed by atoms with E-state index in [1.165, 1.54) is 16.3 Å². The summed E-state index contributed by atoms with van der Waals surface area (Å²) >= 11 is 1.80. The van der Waals surface area contributed by atoms with Gasteiger partial charge in [0.15, 0.2) is 0 Å². The predicted octanol–water partition coefficient (Wildman–Crippen LogP) is 3.02. The largest absolute Gasteiger partial charge is 0.313 e. The van der Waals surface area contributed by atoms with Gasteiger partial charge in [0.1, 0.15) is 0 Å². The predicted molar refractivity (Wildman–Crippen MR) is 67.5 cm³/mol. The minimum absolute atomic E-state index is 0.652. The van der Waals surface area contributed by atoms with Gasteiger partial charge in [-0.3, -0.25) is 0 Å². The van der Waals surface area contributed by atoms with E-state index in [0.29, 0.717) is 6.04 Å². The molecule has 0 aliphatic heterocycles. The summed E-state index contributed by atoms with van der Waals surface area (Å²) in [6, 6.07) is 0.652. The number of rotatable bonds is 6. The third kappa shape index (κ3) is 4.31. The van der Waals surface area contributed by atoms with Gasteiger partial charge in [0, 0.05) is 23.7 Å². The second-order valence-corrected chi connectivity index (χ2v) is 5.63. The highest BCUT2D eigenvalue weighted by Crippen LogP contribution is 2.12. The molecule has 1 heterocycles. The topological polar surface area (TPSA) is 24.9 Å². The van der Waals surface area contributed by atoms with Gasteiger partial charge >= 0.3 is 0 Å². The van der Waals surface area contributed by atoms with E-state index in [1.807, 2.05) is 6.20 Å². The van der Waals surface area contributed by atoms with Gasteiger partial charge in [-0.1, -0.05) is 20.8 Å². The lowest BCUT2D eigenvalue weighted by molar-refractivity contribution is 0.392. The fraction of sp³-hybridized carbons (Fsp3) is 0.750. The molecule has 0 aliphatic rings. The lowest BCUT2D eigenvalue weighted by Crippen LogP contribution is -2.34. The molecule has 0 fully saturated rings. The maximum Gasteiger partial charge on any atom is 0.0896 e. The Morgan fingerprint density at radius 1 is 1.47 bits per heavy atom. The molecule has 0 amide bonds. The highest BCUT2D eigenvalue weighted by atomic mass is 32.1. The maximum absolute atomic E-state index is 4.26. The summed E-state index contributed by atoms with van der Waals surface area (Å²) in [5.74, 6) is 0.721. The third-order valence-corrected chi connectivity index (χ3v) is 3.66. The fourth-order valence-corrected chi connectivity index (χ4v) is 2.55. The molecule has 1 atom stereocenters. The Hall–Kier alpha value is -0.410. The second-order valence-electron chi connectivity index (χ2n) is 4.31. The van der Waals surface area contributed by atoms with Crippen LogP contribution < -0.4 is 5.32 Å². The van der Waals surface area contributed by atoms with Crippen molar-refractivity contribution in [2.45, 2.75) is 46.6 Å². The molecule has 15 heavy (non-hydrogen) atoms. The van der Waals surface area contributed by atoms with Crippen molar-refractivity contribution in [3.63, 3.8) is 0 Å². The normalized spacial score (nSPS) is 13.4. The molecule has 0 spiro atoms. The van der Waals surface area contributed by atoms with Gasteiger partial charge in [-0.15, -0.1) is 11.3 Å². The quantitative estimate of drug-likeness (QED) is 0.806. The first-order valence-corrected chi connectivity index (χ1v) is 6.59. The number of aryl methyl sites for hydroxylation is 1. The Morgan fingerprint density at radius 2 is 2.20 bits per heavy atom. The highest BCUT2D eigenvalue weighted by Gasteiger charge is 2.09. The standard InChI is InChI=1S/C12H22N2S/c1-5-12(9(2)3)13-7-6-11-8-14-10(4)15-11/h8-9,12-13H,5-7H2,1-4H3. The second kappa shape index (κ2) is 6.23. The summed E-state index contributed by atoms with van der Waals surface area (Å²) in [6.07, 6.45) is 4.31. The molecular formula is C12H22N2S. The molecular weight excluding hydrogens is 204 g/mol. The molecule has 0 saturated carbocycles. The van der Waals surface area contributed by atoms with Crippen molar-refractivity contribution in [1.29, 1.82) is 0 Å². The van der Waals surface area contributed by atoms with E-state index in [-0.39, 0.29) is 0 Å². The molecule has 1 aromatic heterocycles. The average molecular weight is 226 g/mol. The number of hydrogen-bond donors (Lipinski definition) is 1. The molecule has 0 radical (unpaired) electrons. The minimum Gasteiger partial charge on any atom is -0.313 e. The average Bonchev–Trinajstić information content (AvgIpc) is 2.58. The zero-order chi connectivity index (χ0) is 11.3. The molecule has 1 aromatic rings. The Bertz CT molecular complexity index is 281. The van der Waals surface area contributed by atoms with E-state index < -0.39 is 0 Å². The van der Waals surface area contributed by atoms with E-state index in [1.54, 1.807) is 11.3 Å². The van der Waals surface area contributed by atoms with Gasteiger partial charge in [-0.05, 0) is 25.7 Å². The molecule has 0 aliphatic carbocycles. The van der Waals surface area contributed by atoms with Crippen LogP contribution in [0.4, 0.5) is 0 Å². The lowest BCUT2D eigenvalue weighted by atomic mass is 10.0. The maximum atomic E-state index is 4.26. The van der Waals surface area contributed by atoms with Gasteiger partial charge in [0.05, 0.1) is 5.01 Å². The van der Waals surface area contributed by atoms with Crippen LogP contribution >= 0.6 is 11.3 Å². The van der Waals surface area contributed by atoms with Crippen LogP contribution in [-0.4, -0.2) is 17.6 Å². The molecule has 3 heteroatoms. The van der Waals surface area contributed by atoms with Gasteiger partial charge in [-0.25, -0.2) is 4.98 Å². The smallest absolute Gasteiger partial charge is 0.0896 e. The summed E-state index contributed by atoms with van der Waals surface area (Å²) in [5.41, 5.74) is 0. The number of nitrogens with one attached hydrogen (secondary N) is 1. The van der Waals surface area contributed by atoms with Crippen molar-refractivity contribution >= 4 is 11.3 Å². The summed E-state index contributed by atoms with van der Waals surface area (Å²) in [5, 5.41) is 4.77. The first kappa shape index (κ1) is 12.7. The number of thiazole rings is 1. The molecule has 86 valence electrons. The van der Waals surface area contributed by atoms with E-state index >= 15 is 0 Å². The van der Waals surface area contributed by atoms with E-state index in [0.717, 1.165) is 18.9 Å². The first-order valence-electron chi connectivity index (χ1n) is 5.78. The summed E-state index contributed by atoms with van der Waals surface area (Å²) in [7, 11) is 0. The van der Waals surface area contributed by atoms with Crippen LogP contribution in [0.2, 0.25) is 0 Å². The fourth-order valence-electron chi connectivity index (χ4n) is 1.75. The van der Waals surface area contributed by atoms with Crippen LogP contribution in [0.25, 0.3) is 0 Å². The zero-order valence-electron chi connectivity index (χ0n) is 10.2. The molecule has 0 bridgehead atoms. The Kier molecular flexibility index (Phi) is 5.26. The van der Waals surface area contributed by atoms with Crippen LogP contribution in [0.3, 0.4) is 0 Å². The molecule has 1 rings (SSSR count). The van der Waals surface area contributed by atoms with Crippen molar-refractivity contribution in [3.8, 4) is 0 Å². The number of hydrogen-bond acceptors (Lipinski definition) is 3. The molecule has 0 saturated heterocycles. The summed E-state index contributed by atoms with van der Waals surface area (Å²) < 4.78 is 0. The van der Waals surface area contributed by atoms with Gasteiger partial charge in [0.2, 0.25) is 0 Å². The van der Waals surface area contributed by atoms with Crippen molar-refractivity contribution in [2.24, 2.45) is 5.92 Å². The van der Waals surface area contributed by atoms with Crippen LogP contribution in [-0.2, 0) is 6.42 Å². The van der Waals surface area contributed by atoms with E-state index in [2.05, 4.69) is 38.0 Å². The Labute approximate surface area is 97.1 Å². The van der Waals surface area contributed by atoms with Crippen LogP contribution in [0, 0.1) is 12.8 Å². The number of nitrogens with zero attached hydrogens (tertiary/aromatic N) is 1. The van der Waals surface area contributed by atoms with Crippen molar-refractivity contribution in [1.82, 2.24) is 10.3 Å². The van der Waals surface area contributed by atoms with Crippen molar-refractivity contribution in [2.75, 3.05) is 6.54 Å². The van der Waals surface area contributed by atoms with E-state index in [9.17, 15) is 0 Å². The van der Waals surface area contributed by atoms with Gasteiger partial charge in [-0.2, -0.15) is 0 Å². The van der Waals surface area contributed by atoms with Crippen molar-refractivity contribution in [3.05, 3.63) is 16.1 Å².